The zero-order valence-corrected chi connectivity index (χ0v) is 10.2. The lowest BCUT2D eigenvalue weighted by Gasteiger charge is -2.03. The molecular formula is C12H10ClN3O. The fraction of sp³-hybridized carbons (Fsp3) is 0.167. The number of aryl methyl sites for hydroxylation is 1. The third-order valence-electron chi connectivity index (χ3n) is 2.42. The van der Waals surface area contributed by atoms with Crippen LogP contribution in [0.15, 0.2) is 18.2 Å². The molecule has 1 heterocycles. The molecule has 1 N–H and O–H groups in total. The summed E-state index contributed by atoms with van der Waals surface area (Å²) < 4.78 is 5.07. The molecule has 0 saturated carbocycles. The van der Waals surface area contributed by atoms with Crippen LogP contribution in [-0.2, 0) is 0 Å². The summed E-state index contributed by atoms with van der Waals surface area (Å²) in [5.41, 5.74) is 1.96. The van der Waals surface area contributed by atoms with Crippen molar-refractivity contribution in [1.82, 2.24) is 9.97 Å². The minimum atomic E-state index is 0.395. The summed E-state index contributed by atoms with van der Waals surface area (Å²) in [6.45, 7) is 1.81. The van der Waals surface area contributed by atoms with Gasteiger partial charge in [0.2, 0.25) is 0 Å². The van der Waals surface area contributed by atoms with E-state index in [0.717, 1.165) is 11.3 Å². The topological polar surface area (TPSA) is 61.7 Å². The molecule has 1 aromatic carbocycles. The first-order valence-corrected chi connectivity index (χ1v) is 5.34. The molecule has 17 heavy (non-hydrogen) atoms. The van der Waals surface area contributed by atoms with Gasteiger partial charge in [-0.15, -0.1) is 0 Å². The molecule has 0 unspecified atom stereocenters. The highest BCUT2D eigenvalue weighted by Crippen LogP contribution is 2.29. The lowest BCUT2D eigenvalue weighted by Crippen LogP contribution is -1.86. The summed E-state index contributed by atoms with van der Waals surface area (Å²) in [7, 11) is 1.56. The van der Waals surface area contributed by atoms with Gasteiger partial charge in [-0.25, -0.2) is 4.98 Å². The summed E-state index contributed by atoms with van der Waals surface area (Å²) >= 11 is 6.03. The van der Waals surface area contributed by atoms with Crippen LogP contribution in [-0.4, -0.2) is 17.1 Å². The predicted molar refractivity (Wildman–Crippen MR) is 65.0 cm³/mol. The van der Waals surface area contributed by atoms with Crippen LogP contribution in [0.4, 0.5) is 0 Å². The van der Waals surface area contributed by atoms with Crippen LogP contribution in [0.3, 0.4) is 0 Å². The molecule has 1 aromatic heterocycles. The second-order valence-corrected chi connectivity index (χ2v) is 3.93. The Hall–Kier alpha value is -1.99. The fourth-order valence-electron chi connectivity index (χ4n) is 1.52. The van der Waals surface area contributed by atoms with Crippen LogP contribution in [0.1, 0.15) is 11.4 Å². The smallest absolute Gasteiger partial charge is 0.161 e. The molecule has 0 aliphatic rings. The van der Waals surface area contributed by atoms with E-state index in [2.05, 4.69) is 9.97 Å². The number of nitrogens with zero attached hydrogens (tertiary/aromatic N) is 2. The van der Waals surface area contributed by atoms with Crippen molar-refractivity contribution in [3.8, 4) is 23.2 Å². The molecule has 0 spiro atoms. The van der Waals surface area contributed by atoms with Crippen molar-refractivity contribution in [2.75, 3.05) is 7.11 Å². The van der Waals surface area contributed by atoms with E-state index in [1.807, 2.05) is 12.1 Å². The number of hydrogen-bond acceptors (Lipinski definition) is 3. The Bertz CT molecular complexity index is 598. The molecule has 86 valence electrons. The quantitative estimate of drug-likeness (QED) is 0.888. The molecule has 2 aromatic rings. The van der Waals surface area contributed by atoms with Gasteiger partial charge in [0.25, 0.3) is 0 Å². The van der Waals surface area contributed by atoms with E-state index in [1.165, 1.54) is 0 Å². The van der Waals surface area contributed by atoms with Crippen LogP contribution in [0.5, 0.6) is 5.75 Å². The number of H-pyrrole nitrogens is 1. The molecule has 5 heteroatoms. The Labute approximate surface area is 104 Å². The summed E-state index contributed by atoms with van der Waals surface area (Å²) in [6, 6.07) is 7.38. The van der Waals surface area contributed by atoms with Crippen molar-refractivity contribution in [2.45, 2.75) is 6.92 Å². The predicted octanol–water partition coefficient (Wildman–Crippen LogP) is 2.92. The van der Waals surface area contributed by atoms with Crippen LogP contribution in [0.25, 0.3) is 11.4 Å². The zero-order chi connectivity index (χ0) is 12.4. The maximum absolute atomic E-state index is 8.84. The third-order valence-corrected chi connectivity index (χ3v) is 2.71. The van der Waals surface area contributed by atoms with Crippen molar-refractivity contribution in [2.24, 2.45) is 0 Å². The number of methoxy groups -OCH3 is 1. The van der Waals surface area contributed by atoms with Crippen molar-refractivity contribution in [3.05, 3.63) is 34.6 Å². The first-order chi connectivity index (χ1) is 8.15. The fourth-order valence-corrected chi connectivity index (χ4v) is 1.78. The number of rotatable bonds is 2. The van der Waals surface area contributed by atoms with Crippen LogP contribution in [0.2, 0.25) is 5.02 Å². The van der Waals surface area contributed by atoms with Gasteiger partial charge in [0.15, 0.2) is 5.69 Å². The highest BCUT2D eigenvalue weighted by Gasteiger charge is 2.09. The average Bonchev–Trinajstić information content (AvgIpc) is 2.70. The third kappa shape index (κ3) is 2.10. The van der Waals surface area contributed by atoms with Gasteiger partial charge in [0, 0.05) is 5.56 Å². The van der Waals surface area contributed by atoms with Gasteiger partial charge in [-0.3, -0.25) is 0 Å². The molecule has 0 amide bonds. The minimum absolute atomic E-state index is 0.395. The zero-order valence-electron chi connectivity index (χ0n) is 9.41. The van der Waals surface area contributed by atoms with Crippen molar-refractivity contribution in [1.29, 1.82) is 5.26 Å². The van der Waals surface area contributed by atoms with E-state index in [4.69, 9.17) is 21.6 Å². The van der Waals surface area contributed by atoms with Gasteiger partial charge in [-0.05, 0) is 25.1 Å². The van der Waals surface area contributed by atoms with E-state index in [1.54, 1.807) is 26.2 Å². The van der Waals surface area contributed by atoms with Crippen LogP contribution >= 0.6 is 11.6 Å². The van der Waals surface area contributed by atoms with Crippen molar-refractivity contribution < 1.29 is 4.74 Å². The molecule has 0 aliphatic heterocycles. The highest BCUT2D eigenvalue weighted by atomic mass is 35.5. The number of nitriles is 1. The lowest BCUT2D eigenvalue weighted by molar-refractivity contribution is 0.415. The summed E-state index contributed by atoms with van der Waals surface area (Å²) in [4.78, 5) is 7.22. The van der Waals surface area contributed by atoms with Gasteiger partial charge in [-0.1, -0.05) is 11.6 Å². The second-order valence-electron chi connectivity index (χ2n) is 3.52. The molecule has 0 fully saturated rings. The summed E-state index contributed by atoms with van der Waals surface area (Å²) in [5.74, 6) is 1.24. The first kappa shape index (κ1) is 11.5. The molecule has 2 rings (SSSR count). The average molecular weight is 248 g/mol. The maximum Gasteiger partial charge on any atom is 0.161 e. The Morgan fingerprint density at radius 1 is 1.47 bits per heavy atom. The van der Waals surface area contributed by atoms with Gasteiger partial charge >= 0.3 is 0 Å². The number of ether oxygens (including phenoxy) is 1. The molecule has 0 saturated heterocycles. The van der Waals surface area contributed by atoms with E-state index in [0.29, 0.717) is 22.3 Å². The minimum Gasteiger partial charge on any atom is -0.495 e. The van der Waals surface area contributed by atoms with Crippen LogP contribution in [0, 0.1) is 18.3 Å². The van der Waals surface area contributed by atoms with Gasteiger partial charge in [0.05, 0.1) is 17.8 Å². The summed E-state index contributed by atoms with van der Waals surface area (Å²) in [5, 5.41) is 9.35. The standard InChI is InChI=1S/C12H10ClN3O/c1-7-10(6-14)16-12(15-7)8-3-4-11(17-2)9(13)5-8/h3-5H,1-2H3,(H,15,16). The van der Waals surface area contributed by atoms with E-state index in [9.17, 15) is 0 Å². The van der Waals surface area contributed by atoms with Gasteiger partial charge in [-0.2, -0.15) is 5.26 Å². The van der Waals surface area contributed by atoms with E-state index >= 15 is 0 Å². The molecule has 4 nitrogen and oxygen atoms in total. The molecule has 0 radical (unpaired) electrons. The first-order valence-electron chi connectivity index (χ1n) is 4.96. The highest BCUT2D eigenvalue weighted by molar-refractivity contribution is 6.32. The van der Waals surface area contributed by atoms with Gasteiger partial charge < -0.3 is 9.72 Å². The molecule has 0 atom stereocenters. The van der Waals surface area contributed by atoms with Crippen LogP contribution < -0.4 is 4.74 Å². The lowest BCUT2D eigenvalue weighted by atomic mass is 10.2. The number of imidazole rings is 1. The number of hydrogen-bond donors (Lipinski definition) is 1. The Balaban J connectivity index is 2.47. The molecular weight excluding hydrogens is 238 g/mol. The number of nitrogens with one attached hydrogen (secondary N) is 1. The molecule has 0 bridgehead atoms. The number of aromatic amines is 1. The summed E-state index contributed by atoms with van der Waals surface area (Å²) in [6.07, 6.45) is 0. The second kappa shape index (κ2) is 4.48. The van der Waals surface area contributed by atoms with Crippen molar-refractivity contribution in [3.63, 3.8) is 0 Å². The Morgan fingerprint density at radius 3 is 2.76 bits per heavy atom. The van der Waals surface area contributed by atoms with E-state index in [-0.39, 0.29) is 0 Å². The Morgan fingerprint density at radius 2 is 2.24 bits per heavy atom. The SMILES string of the molecule is COc1ccc(-c2nc(C#N)c(C)[nH]2)cc1Cl. The van der Waals surface area contributed by atoms with Crippen molar-refractivity contribution >= 4 is 11.6 Å². The largest absolute Gasteiger partial charge is 0.495 e. The number of benzene rings is 1. The number of aromatic nitrogens is 2. The Kier molecular flexibility index (Phi) is 3.03. The molecule has 0 aliphatic carbocycles. The van der Waals surface area contributed by atoms with E-state index < -0.39 is 0 Å². The number of halogens is 1. The van der Waals surface area contributed by atoms with Gasteiger partial charge in [0.1, 0.15) is 17.6 Å². The maximum atomic E-state index is 8.84. The monoisotopic (exact) mass is 247 g/mol. The normalized spacial score (nSPS) is 10.0.